The molecule has 1 rings (SSSR count). The molecule has 1 unspecified atom stereocenters. The molecule has 0 spiro atoms. The van der Waals surface area contributed by atoms with E-state index in [4.69, 9.17) is 11.0 Å². The van der Waals surface area contributed by atoms with Crippen LogP contribution in [-0.4, -0.2) is 25.5 Å². The van der Waals surface area contributed by atoms with Gasteiger partial charge in [-0.3, -0.25) is 0 Å². The highest BCUT2D eigenvalue weighted by atomic mass is 32.2. The summed E-state index contributed by atoms with van der Waals surface area (Å²) in [7, 11) is -3.70. The Labute approximate surface area is 120 Å². The number of hydrogen-bond acceptors (Lipinski definition) is 5. The van der Waals surface area contributed by atoms with Crippen molar-refractivity contribution < 1.29 is 8.42 Å². The number of nitrogens with two attached hydrogens (primary N) is 1. The van der Waals surface area contributed by atoms with E-state index >= 15 is 0 Å². The summed E-state index contributed by atoms with van der Waals surface area (Å²) in [5, 5.41) is 8.66. The van der Waals surface area contributed by atoms with Gasteiger partial charge in [0.1, 0.15) is 16.7 Å². The first-order valence-corrected chi connectivity index (χ1v) is 7.81. The van der Waals surface area contributed by atoms with Gasteiger partial charge in [0.15, 0.2) is 0 Å². The van der Waals surface area contributed by atoms with Gasteiger partial charge in [0, 0.05) is 18.3 Å². The molecule has 0 saturated heterocycles. The maximum absolute atomic E-state index is 12.3. The first-order chi connectivity index (χ1) is 9.22. The van der Waals surface area contributed by atoms with Crippen LogP contribution in [0.5, 0.6) is 0 Å². The molecule has 0 fully saturated rings. The van der Waals surface area contributed by atoms with E-state index in [-0.39, 0.29) is 17.1 Å². The smallest absolute Gasteiger partial charge is 0.242 e. The van der Waals surface area contributed by atoms with E-state index in [1.165, 1.54) is 18.3 Å². The average molecular weight is 296 g/mol. The standard InChI is InChI=1S/C13H20N4O2S/c1-10(2)6-13(3,9-15)17-20(18,19)12-5-4-11(7-14)16-8-12/h4-5,8,10,17H,6,9,15H2,1-3H3. The van der Waals surface area contributed by atoms with E-state index < -0.39 is 15.6 Å². The molecule has 0 saturated carbocycles. The predicted molar refractivity (Wildman–Crippen MR) is 76.2 cm³/mol. The van der Waals surface area contributed by atoms with Gasteiger partial charge in [-0.25, -0.2) is 18.1 Å². The van der Waals surface area contributed by atoms with Crippen molar-refractivity contribution >= 4 is 10.0 Å². The molecule has 20 heavy (non-hydrogen) atoms. The molecule has 0 aromatic carbocycles. The number of nitriles is 1. The summed E-state index contributed by atoms with van der Waals surface area (Å²) in [6.07, 6.45) is 1.81. The molecule has 1 aromatic rings. The fourth-order valence-corrected chi connectivity index (χ4v) is 3.43. The van der Waals surface area contributed by atoms with E-state index in [1.807, 2.05) is 19.9 Å². The lowest BCUT2D eigenvalue weighted by Gasteiger charge is -2.30. The van der Waals surface area contributed by atoms with E-state index in [2.05, 4.69) is 9.71 Å². The Hall–Kier alpha value is -1.49. The molecule has 0 amide bonds. The quantitative estimate of drug-likeness (QED) is 0.813. The Morgan fingerprint density at radius 3 is 2.55 bits per heavy atom. The van der Waals surface area contributed by atoms with Gasteiger partial charge in [0.25, 0.3) is 0 Å². The number of pyridine rings is 1. The highest BCUT2D eigenvalue weighted by Crippen LogP contribution is 2.19. The Balaban J connectivity index is 3.01. The minimum absolute atomic E-state index is 0.0277. The summed E-state index contributed by atoms with van der Waals surface area (Å²) >= 11 is 0. The summed E-state index contributed by atoms with van der Waals surface area (Å²) in [5.41, 5.74) is 5.17. The van der Waals surface area contributed by atoms with Crippen LogP contribution in [-0.2, 0) is 10.0 Å². The number of rotatable bonds is 6. The van der Waals surface area contributed by atoms with Gasteiger partial charge in [-0.15, -0.1) is 0 Å². The van der Waals surface area contributed by atoms with E-state index in [0.717, 1.165) is 0 Å². The van der Waals surface area contributed by atoms with E-state index in [9.17, 15) is 8.42 Å². The SMILES string of the molecule is CC(C)CC(C)(CN)NS(=O)(=O)c1ccc(C#N)nc1. The number of nitrogens with one attached hydrogen (secondary N) is 1. The van der Waals surface area contributed by atoms with Crippen LogP contribution >= 0.6 is 0 Å². The van der Waals surface area contributed by atoms with Gasteiger partial charge in [-0.2, -0.15) is 5.26 Å². The number of sulfonamides is 1. The molecule has 0 aliphatic carbocycles. The zero-order chi connectivity index (χ0) is 15.4. The Bertz CT molecular complexity index is 590. The van der Waals surface area contributed by atoms with Crippen LogP contribution in [0.25, 0.3) is 0 Å². The van der Waals surface area contributed by atoms with Crippen molar-refractivity contribution in [3.8, 4) is 6.07 Å². The van der Waals surface area contributed by atoms with Crippen molar-refractivity contribution in [3.63, 3.8) is 0 Å². The minimum Gasteiger partial charge on any atom is -0.329 e. The first kappa shape index (κ1) is 16.6. The van der Waals surface area contributed by atoms with Gasteiger partial charge >= 0.3 is 0 Å². The molecule has 0 aliphatic heterocycles. The largest absolute Gasteiger partial charge is 0.329 e. The molecule has 1 heterocycles. The topological polar surface area (TPSA) is 109 Å². The molecule has 110 valence electrons. The lowest BCUT2D eigenvalue weighted by atomic mass is 9.92. The Morgan fingerprint density at radius 1 is 1.50 bits per heavy atom. The van der Waals surface area contributed by atoms with Crippen LogP contribution in [0, 0.1) is 17.2 Å². The molecule has 0 bridgehead atoms. The second kappa shape index (κ2) is 6.31. The molecule has 6 nitrogen and oxygen atoms in total. The predicted octanol–water partition coefficient (Wildman–Crippen LogP) is 0.995. The van der Waals surface area contributed by atoms with Crippen molar-refractivity contribution in [1.82, 2.24) is 9.71 Å². The van der Waals surface area contributed by atoms with Gasteiger partial charge in [0.05, 0.1) is 0 Å². The molecule has 1 atom stereocenters. The average Bonchev–Trinajstić information content (AvgIpc) is 2.37. The maximum Gasteiger partial charge on any atom is 0.242 e. The maximum atomic E-state index is 12.3. The zero-order valence-corrected chi connectivity index (χ0v) is 12.7. The van der Waals surface area contributed by atoms with Crippen LogP contribution in [0.3, 0.4) is 0 Å². The van der Waals surface area contributed by atoms with Gasteiger partial charge in [-0.1, -0.05) is 13.8 Å². The second-order valence-corrected chi connectivity index (χ2v) is 7.14. The summed E-state index contributed by atoms with van der Waals surface area (Å²) in [6, 6.07) is 4.58. The molecule has 0 radical (unpaired) electrons. The number of hydrogen-bond donors (Lipinski definition) is 2. The molecule has 0 aliphatic rings. The monoisotopic (exact) mass is 296 g/mol. The lowest BCUT2D eigenvalue weighted by molar-refractivity contribution is 0.344. The van der Waals surface area contributed by atoms with E-state index in [0.29, 0.717) is 12.3 Å². The Morgan fingerprint density at radius 2 is 2.15 bits per heavy atom. The third-order valence-electron chi connectivity index (χ3n) is 2.85. The normalized spacial score (nSPS) is 14.8. The highest BCUT2D eigenvalue weighted by Gasteiger charge is 2.30. The lowest BCUT2D eigenvalue weighted by Crippen LogP contribution is -2.52. The van der Waals surface area contributed by atoms with Gasteiger partial charge in [-0.05, 0) is 31.4 Å². The van der Waals surface area contributed by atoms with Crippen molar-refractivity contribution in [2.24, 2.45) is 11.7 Å². The van der Waals surface area contributed by atoms with Crippen molar-refractivity contribution in [1.29, 1.82) is 5.26 Å². The van der Waals surface area contributed by atoms with Gasteiger partial charge < -0.3 is 5.73 Å². The van der Waals surface area contributed by atoms with E-state index in [1.54, 1.807) is 6.92 Å². The molecule has 1 aromatic heterocycles. The molecular formula is C13H20N4O2S. The van der Waals surface area contributed by atoms with Crippen molar-refractivity contribution in [2.45, 2.75) is 37.6 Å². The van der Waals surface area contributed by atoms with Crippen LogP contribution < -0.4 is 10.5 Å². The molecular weight excluding hydrogens is 276 g/mol. The summed E-state index contributed by atoms with van der Waals surface area (Å²) in [6.45, 7) is 5.99. The fourth-order valence-electron chi connectivity index (χ4n) is 2.06. The van der Waals surface area contributed by atoms with Crippen LogP contribution in [0.1, 0.15) is 32.9 Å². The highest BCUT2D eigenvalue weighted by molar-refractivity contribution is 7.89. The number of nitrogens with zero attached hydrogens (tertiary/aromatic N) is 2. The molecule has 3 N–H and O–H groups in total. The third kappa shape index (κ3) is 4.27. The number of aromatic nitrogens is 1. The van der Waals surface area contributed by atoms with Crippen LogP contribution in [0.2, 0.25) is 0 Å². The third-order valence-corrected chi connectivity index (χ3v) is 4.47. The molecule has 7 heteroatoms. The fraction of sp³-hybridized carbons (Fsp3) is 0.538. The minimum atomic E-state index is -3.70. The van der Waals surface area contributed by atoms with Crippen molar-refractivity contribution in [3.05, 3.63) is 24.0 Å². The van der Waals surface area contributed by atoms with Crippen molar-refractivity contribution in [2.75, 3.05) is 6.54 Å². The summed E-state index contributed by atoms with van der Waals surface area (Å²) < 4.78 is 27.2. The summed E-state index contributed by atoms with van der Waals surface area (Å²) in [4.78, 5) is 3.80. The van der Waals surface area contributed by atoms with Crippen LogP contribution in [0.4, 0.5) is 0 Å². The Kier molecular flexibility index (Phi) is 5.22. The second-order valence-electron chi connectivity index (χ2n) is 5.46. The first-order valence-electron chi connectivity index (χ1n) is 6.32. The zero-order valence-electron chi connectivity index (χ0n) is 11.9. The summed E-state index contributed by atoms with van der Waals surface area (Å²) in [5.74, 6) is 0.310. The van der Waals surface area contributed by atoms with Gasteiger partial charge in [0.2, 0.25) is 10.0 Å². The van der Waals surface area contributed by atoms with Crippen LogP contribution in [0.15, 0.2) is 23.2 Å².